The third-order valence-electron chi connectivity index (χ3n) is 7.36. The van der Waals surface area contributed by atoms with Crippen molar-refractivity contribution in [3.63, 3.8) is 0 Å². The first-order chi connectivity index (χ1) is 17.6. The molecule has 6 aromatic rings. The van der Waals surface area contributed by atoms with Gasteiger partial charge in [-0.05, 0) is 52.6 Å². The van der Waals surface area contributed by atoms with E-state index in [9.17, 15) is 0 Å². The number of pyridine rings is 2. The molecule has 0 unspecified atom stereocenters. The highest BCUT2D eigenvalue weighted by molar-refractivity contribution is 7.99. The fourth-order valence-electron chi connectivity index (χ4n) is 5.38. The van der Waals surface area contributed by atoms with Gasteiger partial charge in [-0.2, -0.15) is 0 Å². The van der Waals surface area contributed by atoms with Crippen molar-refractivity contribution in [2.24, 2.45) is 0 Å². The molecule has 172 valence electrons. The van der Waals surface area contributed by atoms with Crippen LogP contribution in [0.15, 0.2) is 119 Å². The monoisotopic (exact) mass is 480 g/mol. The van der Waals surface area contributed by atoms with Gasteiger partial charge in [0.25, 0.3) is 0 Å². The summed E-state index contributed by atoms with van der Waals surface area (Å²) in [5.74, 6) is 0. The maximum atomic E-state index is 5.06. The third-order valence-corrected chi connectivity index (χ3v) is 8.49. The third kappa shape index (κ3) is 3.35. The Morgan fingerprint density at radius 1 is 0.583 bits per heavy atom. The van der Waals surface area contributed by atoms with Crippen LogP contribution < -0.4 is 0 Å². The van der Waals surface area contributed by atoms with Crippen LogP contribution in [-0.4, -0.2) is 9.97 Å². The molecule has 0 bridgehead atoms. The summed E-state index contributed by atoms with van der Waals surface area (Å²) in [6, 6.07) is 37.0. The van der Waals surface area contributed by atoms with E-state index in [-0.39, 0.29) is 5.41 Å². The van der Waals surface area contributed by atoms with Gasteiger partial charge in [0.1, 0.15) is 0 Å². The molecule has 0 aliphatic carbocycles. The molecule has 0 amide bonds. The Morgan fingerprint density at radius 3 is 2.25 bits per heavy atom. The van der Waals surface area contributed by atoms with Gasteiger partial charge in [-0.3, -0.25) is 4.98 Å². The summed E-state index contributed by atoms with van der Waals surface area (Å²) < 4.78 is 0. The highest BCUT2D eigenvalue weighted by Gasteiger charge is 2.32. The molecule has 3 heterocycles. The van der Waals surface area contributed by atoms with Gasteiger partial charge in [0.05, 0.1) is 16.7 Å². The molecule has 0 saturated carbocycles. The van der Waals surface area contributed by atoms with E-state index in [4.69, 9.17) is 4.98 Å². The second kappa shape index (κ2) is 8.04. The van der Waals surface area contributed by atoms with E-state index in [0.717, 1.165) is 33.1 Å². The lowest BCUT2D eigenvalue weighted by molar-refractivity contribution is 0.607. The van der Waals surface area contributed by atoms with Crippen molar-refractivity contribution in [2.75, 3.05) is 0 Å². The molecular weight excluding hydrogens is 456 g/mol. The lowest BCUT2D eigenvalue weighted by Gasteiger charge is -2.34. The van der Waals surface area contributed by atoms with E-state index in [2.05, 4.69) is 116 Å². The van der Waals surface area contributed by atoms with Crippen LogP contribution >= 0.6 is 11.8 Å². The molecule has 7 rings (SSSR count). The predicted molar refractivity (Wildman–Crippen MR) is 151 cm³/mol. The maximum Gasteiger partial charge on any atom is 0.0972 e. The van der Waals surface area contributed by atoms with E-state index in [1.165, 1.54) is 32.0 Å². The minimum absolute atomic E-state index is 0.0105. The minimum Gasteiger partial charge on any atom is -0.254 e. The van der Waals surface area contributed by atoms with E-state index >= 15 is 0 Å². The van der Waals surface area contributed by atoms with Gasteiger partial charge in [-0.25, -0.2) is 4.98 Å². The fourth-order valence-corrected chi connectivity index (χ4v) is 6.82. The molecule has 0 N–H and O–H groups in total. The Morgan fingerprint density at radius 2 is 1.33 bits per heavy atom. The Bertz CT molecular complexity index is 1800. The first kappa shape index (κ1) is 21.3. The lowest BCUT2D eigenvalue weighted by Crippen LogP contribution is -2.23. The number of hydrogen-bond donors (Lipinski definition) is 0. The van der Waals surface area contributed by atoms with E-state index in [0.29, 0.717) is 0 Å². The Balaban J connectivity index is 1.31. The van der Waals surface area contributed by atoms with Gasteiger partial charge in [-0.1, -0.05) is 98.4 Å². The van der Waals surface area contributed by atoms with Crippen LogP contribution in [0.4, 0.5) is 0 Å². The highest BCUT2D eigenvalue weighted by Crippen LogP contribution is 2.49. The topological polar surface area (TPSA) is 25.8 Å². The van der Waals surface area contributed by atoms with Crippen molar-refractivity contribution in [1.29, 1.82) is 0 Å². The summed E-state index contributed by atoms with van der Waals surface area (Å²) in [6.45, 7) is 4.66. The molecule has 2 nitrogen and oxygen atoms in total. The van der Waals surface area contributed by atoms with Crippen molar-refractivity contribution < 1.29 is 0 Å². The zero-order valence-corrected chi connectivity index (χ0v) is 21.0. The second-order valence-electron chi connectivity index (χ2n) is 9.92. The molecule has 0 saturated heterocycles. The summed E-state index contributed by atoms with van der Waals surface area (Å²) in [4.78, 5) is 12.4. The zero-order valence-electron chi connectivity index (χ0n) is 20.2. The van der Waals surface area contributed by atoms with Crippen molar-refractivity contribution in [1.82, 2.24) is 9.97 Å². The van der Waals surface area contributed by atoms with E-state index in [1.807, 2.05) is 24.0 Å². The van der Waals surface area contributed by atoms with Crippen LogP contribution in [0.5, 0.6) is 0 Å². The molecule has 0 radical (unpaired) electrons. The highest BCUT2D eigenvalue weighted by atomic mass is 32.2. The number of nitrogens with zero attached hydrogens (tertiary/aromatic N) is 2. The summed E-state index contributed by atoms with van der Waals surface area (Å²) in [5.41, 5.74) is 9.18. The average molecular weight is 481 g/mol. The van der Waals surface area contributed by atoms with Gasteiger partial charge >= 0.3 is 0 Å². The first-order valence-electron chi connectivity index (χ1n) is 12.3. The van der Waals surface area contributed by atoms with Crippen LogP contribution in [0.3, 0.4) is 0 Å². The van der Waals surface area contributed by atoms with Crippen molar-refractivity contribution >= 4 is 33.6 Å². The van der Waals surface area contributed by atoms with Crippen LogP contribution in [0.25, 0.3) is 44.2 Å². The molecule has 4 aromatic carbocycles. The molecule has 2 aromatic heterocycles. The first-order valence-corrected chi connectivity index (χ1v) is 13.1. The van der Waals surface area contributed by atoms with Gasteiger partial charge in [-0.15, -0.1) is 0 Å². The number of benzene rings is 4. The smallest absolute Gasteiger partial charge is 0.0972 e. The van der Waals surface area contributed by atoms with E-state index in [1.54, 1.807) is 0 Å². The van der Waals surface area contributed by atoms with Gasteiger partial charge < -0.3 is 0 Å². The number of aromatic nitrogens is 2. The Labute approximate surface area is 215 Å². The van der Waals surface area contributed by atoms with Crippen LogP contribution in [0.1, 0.15) is 25.0 Å². The lowest BCUT2D eigenvalue weighted by atomic mass is 9.77. The normalized spacial score (nSPS) is 13.9. The van der Waals surface area contributed by atoms with Gasteiger partial charge in [0.2, 0.25) is 0 Å². The molecule has 1 aliphatic rings. The summed E-state index contributed by atoms with van der Waals surface area (Å²) in [7, 11) is 0. The van der Waals surface area contributed by atoms with Crippen molar-refractivity contribution in [3.8, 4) is 22.4 Å². The molecule has 1 aliphatic heterocycles. The Hall–Kier alpha value is -3.95. The average Bonchev–Trinajstić information content (AvgIpc) is 2.92. The van der Waals surface area contributed by atoms with Crippen LogP contribution in [0, 0.1) is 0 Å². The Kier molecular flexibility index (Phi) is 4.77. The standard InChI is InChI=1S/C33H24N2S/c1-33(2)26-10-3-4-11-29(26)36-30-20-24(14-16-27(30)33)23-7-5-8-25(19-23)28-17-15-22-13-12-21-9-6-18-34-31(21)32(22)35-28/h3-20H,1-2H3. The molecule has 3 heteroatoms. The second-order valence-corrected chi connectivity index (χ2v) is 11.0. The van der Waals surface area contributed by atoms with Crippen LogP contribution in [0.2, 0.25) is 0 Å². The zero-order chi connectivity index (χ0) is 24.3. The molecular formula is C33H24N2S. The summed E-state index contributed by atoms with van der Waals surface area (Å²) in [6.07, 6.45) is 1.84. The number of hydrogen-bond acceptors (Lipinski definition) is 3. The molecule has 36 heavy (non-hydrogen) atoms. The SMILES string of the molecule is CC1(C)c2ccccc2Sc2cc(-c3cccc(-c4ccc5ccc6cccnc6c5n4)c3)ccc21. The molecule has 0 atom stereocenters. The molecule has 0 spiro atoms. The predicted octanol–water partition coefficient (Wildman–Crippen LogP) is 8.91. The van der Waals surface area contributed by atoms with Crippen molar-refractivity contribution in [3.05, 3.63) is 120 Å². The fraction of sp³-hybridized carbons (Fsp3) is 0.0909. The summed E-state index contributed by atoms with van der Waals surface area (Å²) in [5, 5.41) is 2.22. The van der Waals surface area contributed by atoms with Crippen LogP contribution in [-0.2, 0) is 5.41 Å². The number of fused-ring (bicyclic) bond motifs is 5. The van der Waals surface area contributed by atoms with E-state index < -0.39 is 0 Å². The van der Waals surface area contributed by atoms with Gasteiger partial charge in [0, 0.05) is 37.7 Å². The maximum absolute atomic E-state index is 5.06. The molecule has 0 fully saturated rings. The quantitative estimate of drug-likeness (QED) is 0.231. The van der Waals surface area contributed by atoms with Gasteiger partial charge in [0.15, 0.2) is 0 Å². The number of rotatable bonds is 2. The largest absolute Gasteiger partial charge is 0.254 e. The minimum atomic E-state index is -0.0105. The summed E-state index contributed by atoms with van der Waals surface area (Å²) >= 11 is 1.88. The van der Waals surface area contributed by atoms with Crippen molar-refractivity contribution in [2.45, 2.75) is 29.1 Å².